The smallest absolute Gasteiger partial charge is 0.143 e. The summed E-state index contributed by atoms with van der Waals surface area (Å²) in [4.78, 5) is 26.3. The second kappa shape index (κ2) is 16.8. The molecule has 4 fully saturated rings. The minimum absolute atomic E-state index is 0.190. The molecule has 0 unspecified atom stereocenters. The molecule has 2 spiro atoms. The molecule has 340 valence electrons. The van der Waals surface area contributed by atoms with E-state index in [9.17, 15) is 20.4 Å². The van der Waals surface area contributed by atoms with E-state index >= 15 is 0 Å². The van der Waals surface area contributed by atoms with Crippen LogP contribution in [0.3, 0.4) is 0 Å². The van der Waals surface area contributed by atoms with Crippen LogP contribution in [0, 0.1) is 24.7 Å². The van der Waals surface area contributed by atoms with E-state index in [1.807, 2.05) is 96.0 Å². The van der Waals surface area contributed by atoms with E-state index in [1.54, 1.807) is 0 Å². The molecule has 8 heterocycles. The van der Waals surface area contributed by atoms with E-state index in [1.165, 1.54) is 12.7 Å². The zero-order valence-corrected chi connectivity index (χ0v) is 40.3. The van der Waals surface area contributed by atoms with E-state index in [0.717, 1.165) is 75.3 Å². The number of aryl methyl sites for hydroxylation is 2. The molecule has 66 heavy (non-hydrogen) atoms. The molecule has 2 aromatic carbocycles. The molecule has 2 saturated carbocycles. The Morgan fingerprint density at radius 2 is 1.02 bits per heavy atom. The van der Waals surface area contributed by atoms with Crippen LogP contribution < -0.4 is 0 Å². The molecule has 0 bridgehead atoms. The number of nitrogens with zero attached hydrogens (tertiary/aromatic N) is 8. The lowest BCUT2D eigenvalue weighted by Gasteiger charge is -2.26. The number of fused-ring (bicyclic) bond motifs is 4. The molecule has 2 aliphatic carbocycles. The first-order valence-electron chi connectivity index (χ1n) is 21.8. The molecule has 4 aliphatic rings. The van der Waals surface area contributed by atoms with Gasteiger partial charge in [-0.25, -0.2) is 29.9 Å². The minimum Gasteiger partial charge on any atom is -0.390 e. The summed E-state index contributed by atoms with van der Waals surface area (Å²) < 4.78 is 17.8. The van der Waals surface area contributed by atoms with Crippen molar-refractivity contribution in [1.82, 2.24) is 39.0 Å². The lowest BCUT2D eigenvalue weighted by Crippen LogP contribution is -2.37. The fraction of sp³-hybridized carbons (Fsp3) is 0.375. The van der Waals surface area contributed by atoms with Crippen LogP contribution in [0.25, 0.3) is 43.9 Å². The molecular weight excluding hydrogens is 1020 g/mol. The van der Waals surface area contributed by atoms with Gasteiger partial charge in [0.05, 0.1) is 81.1 Å². The third-order valence-electron chi connectivity index (χ3n) is 14.6. The lowest BCUT2D eigenvalue weighted by molar-refractivity contribution is -0.0309. The molecule has 0 amide bonds. The summed E-state index contributed by atoms with van der Waals surface area (Å²) in [6, 6.07) is 19.3. The molecule has 0 radical (unpaired) electrons. The number of hydrogen-bond donors (Lipinski definition) is 4. The number of ether oxygens (including phenoxy) is 2. The van der Waals surface area contributed by atoms with Gasteiger partial charge in [-0.15, -0.1) is 0 Å². The predicted molar refractivity (Wildman–Crippen MR) is 256 cm³/mol. The minimum atomic E-state index is -0.910. The summed E-state index contributed by atoms with van der Waals surface area (Å²) in [6.45, 7) is 4.64. The van der Waals surface area contributed by atoms with Crippen molar-refractivity contribution < 1.29 is 29.9 Å². The van der Waals surface area contributed by atoms with Gasteiger partial charge >= 0.3 is 0 Å². The van der Waals surface area contributed by atoms with E-state index in [4.69, 9.17) is 32.7 Å². The van der Waals surface area contributed by atoms with E-state index in [0.29, 0.717) is 49.2 Å². The standard InChI is InChI=1S/2C24H22BrClN4O3/c2*1-12-15-4-5-30(23(15)28-11-27-12)18-8-24(21(32)20(18)31)9-19(33-10-24)14-3-2-13-6-16(25)22(26)29-17(13)7-14/h2*2-7,11,18-21,31-32H,8-10H2,1H3/t18-,19+,20+,21+,24-;18-,19-,20+,21+,24-/m11/s1. The number of pyridine rings is 2. The summed E-state index contributed by atoms with van der Waals surface area (Å²) in [7, 11) is 0. The van der Waals surface area contributed by atoms with Gasteiger partial charge in [-0.05, 0) is 119 Å². The van der Waals surface area contributed by atoms with Gasteiger partial charge in [-0.3, -0.25) is 0 Å². The quantitative estimate of drug-likeness (QED) is 0.123. The van der Waals surface area contributed by atoms with Crippen molar-refractivity contribution in [2.45, 2.75) is 88.2 Å². The molecule has 4 N–H and O–H groups in total. The highest BCUT2D eigenvalue weighted by Gasteiger charge is 2.58. The molecular formula is C48H44Br2Cl2N8O6. The van der Waals surface area contributed by atoms with Crippen LogP contribution >= 0.6 is 55.1 Å². The maximum absolute atomic E-state index is 11.1. The summed E-state index contributed by atoms with van der Waals surface area (Å²) in [5, 5.41) is 49.1. The Morgan fingerprint density at radius 1 is 0.591 bits per heavy atom. The number of benzene rings is 2. The zero-order valence-electron chi connectivity index (χ0n) is 35.6. The van der Waals surface area contributed by atoms with Crippen molar-refractivity contribution in [1.29, 1.82) is 0 Å². The summed E-state index contributed by atoms with van der Waals surface area (Å²) >= 11 is 19.2. The van der Waals surface area contributed by atoms with Crippen molar-refractivity contribution in [3.05, 3.63) is 127 Å². The van der Waals surface area contributed by atoms with Crippen molar-refractivity contribution in [3.63, 3.8) is 0 Å². The monoisotopic (exact) mass is 1060 g/mol. The Hall–Kier alpha value is -4.20. The van der Waals surface area contributed by atoms with Gasteiger partial charge in [0.1, 0.15) is 46.5 Å². The normalized spacial score (nSPS) is 29.6. The van der Waals surface area contributed by atoms with Crippen molar-refractivity contribution in [2.75, 3.05) is 13.2 Å². The third kappa shape index (κ3) is 7.34. The van der Waals surface area contributed by atoms with Crippen LogP contribution in [0.2, 0.25) is 10.3 Å². The Labute approximate surface area is 405 Å². The molecule has 6 aromatic heterocycles. The summed E-state index contributed by atoms with van der Waals surface area (Å²) in [6.07, 6.45) is 5.38. The van der Waals surface area contributed by atoms with Crippen molar-refractivity contribution >= 4 is 98.9 Å². The van der Waals surface area contributed by atoms with Crippen LogP contribution in [0.4, 0.5) is 0 Å². The van der Waals surface area contributed by atoms with Crippen LogP contribution in [0.1, 0.15) is 72.5 Å². The van der Waals surface area contributed by atoms with Crippen LogP contribution in [-0.4, -0.2) is 97.1 Å². The summed E-state index contributed by atoms with van der Waals surface area (Å²) in [5.74, 6) is 0. The number of aliphatic hydroxyl groups is 4. The maximum atomic E-state index is 11.1. The second-order valence-corrected chi connectivity index (χ2v) is 20.8. The number of rotatable bonds is 4. The fourth-order valence-electron chi connectivity index (χ4n) is 11.0. The Bertz CT molecular complexity index is 3000. The highest BCUT2D eigenvalue weighted by Crippen LogP contribution is 2.56. The Kier molecular flexibility index (Phi) is 11.3. The van der Waals surface area contributed by atoms with Crippen LogP contribution in [0.5, 0.6) is 0 Å². The van der Waals surface area contributed by atoms with Crippen LogP contribution in [-0.2, 0) is 9.47 Å². The van der Waals surface area contributed by atoms with Gasteiger partial charge in [-0.2, -0.15) is 0 Å². The maximum Gasteiger partial charge on any atom is 0.143 e. The first-order chi connectivity index (χ1) is 31.7. The first-order valence-corrected chi connectivity index (χ1v) is 24.1. The molecule has 12 rings (SSSR count). The molecule has 10 atom stereocenters. The van der Waals surface area contributed by atoms with E-state index < -0.39 is 35.2 Å². The van der Waals surface area contributed by atoms with Gasteiger partial charge in [-0.1, -0.05) is 47.5 Å². The number of halogens is 4. The molecule has 18 heteroatoms. The summed E-state index contributed by atoms with van der Waals surface area (Å²) in [5.41, 5.74) is 5.83. The van der Waals surface area contributed by atoms with Crippen molar-refractivity contribution in [2.24, 2.45) is 10.8 Å². The molecule has 14 nitrogen and oxygen atoms in total. The molecule has 8 aromatic rings. The van der Waals surface area contributed by atoms with Gasteiger partial charge in [0.25, 0.3) is 0 Å². The van der Waals surface area contributed by atoms with Gasteiger partial charge in [0, 0.05) is 44.8 Å². The molecule has 2 aliphatic heterocycles. The van der Waals surface area contributed by atoms with Crippen molar-refractivity contribution in [3.8, 4) is 0 Å². The Balaban J connectivity index is 0.000000146. The fourth-order valence-corrected chi connectivity index (χ4v) is 12.0. The third-order valence-corrected chi connectivity index (χ3v) is 16.9. The predicted octanol–water partition coefficient (Wildman–Crippen LogP) is 9.04. The number of aliphatic hydroxyl groups excluding tert-OH is 4. The highest BCUT2D eigenvalue weighted by atomic mass is 79.9. The lowest BCUT2D eigenvalue weighted by atomic mass is 9.80. The first kappa shape index (κ1) is 44.3. The van der Waals surface area contributed by atoms with Crippen LogP contribution in [0.15, 0.2) is 94.7 Å². The largest absolute Gasteiger partial charge is 0.390 e. The second-order valence-electron chi connectivity index (χ2n) is 18.4. The topological polar surface area (TPSA) is 187 Å². The van der Waals surface area contributed by atoms with Gasteiger partial charge < -0.3 is 39.0 Å². The Morgan fingerprint density at radius 3 is 1.44 bits per heavy atom. The van der Waals surface area contributed by atoms with E-state index in [2.05, 4.69) is 61.8 Å². The number of hydrogen-bond acceptors (Lipinski definition) is 12. The highest BCUT2D eigenvalue weighted by molar-refractivity contribution is 9.10. The average Bonchev–Trinajstić information content (AvgIpc) is 4.18. The number of aromatic nitrogens is 8. The SMILES string of the molecule is Cc1ncnc2c1ccn2[C@@H]1C[C@@]2(CO[C@@H](c3ccc4cc(Br)c(Cl)nc4c3)C2)[C@@H](O)[C@H]1O.Cc1ncnc2c1ccn2[C@@H]1C[C@@]2(CO[C@H](c3ccc4cc(Br)c(Cl)nc4c3)C2)[C@@H](O)[C@H]1O. The average molecular weight is 1060 g/mol. The van der Waals surface area contributed by atoms with Gasteiger partial charge in [0.2, 0.25) is 0 Å². The zero-order chi connectivity index (χ0) is 45.8. The van der Waals surface area contributed by atoms with E-state index in [-0.39, 0.29) is 24.3 Å². The molecule has 2 saturated heterocycles. The van der Waals surface area contributed by atoms with Gasteiger partial charge in [0.15, 0.2) is 0 Å².